The smallest absolute Gasteiger partial charge is 0.126 e. The van der Waals surface area contributed by atoms with Gasteiger partial charge in [-0.05, 0) is 48.6 Å². The lowest BCUT2D eigenvalue weighted by Crippen LogP contribution is -2.53. The zero-order chi connectivity index (χ0) is 21.3. The topological polar surface area (TPSA) is 3.24 Å². The van der Waals surface area contributed by atoms with Crippen LogP contribution in [0.2, 0.25) is 0 Å². The van der Waals surface area contributed by atoms with Crippen LogP contribution in [0, 0.1) is 17.6 Å². The normalized spacial score (nSPS) is 16.5. The molecule has 0 unspecified atom stereocenters. The summed E-state index contributed by atoms with van der Waals surface area (Å²) in [6.07, 6.45) is 0. The van der Waals surface area contributed by atoms with E-state index in [2.05, 4.69) is 29.2 Å². The van der Waals surface area contributed by atoms with Crippen molar-refractivity contribution in [2.75, 3.05) is 13.1 Å². The zero-order valence-electron chi connectivity index (χ0n) is 17.2. The maximum absolute atomic E-state index is 15.2. The van der Waals surface area contributed by atoms with Crippen molar-refractivity contribution in [2.45, 2.75) is 31.5 Å². The molecular weight excluding hydrogens is 383 g/mol. The van der Waals surface area contributed by atoms with Gasteiger partial charge in [0.15, 0.2) is 0 Å². The Morgan fingerprint density at radius 2 is 1.23 bits per heavy atom. The van der Waals surface area contributed by atoms with Gasteiger partial charge in [0.25, 0.3) is 0 Å². The van der Waals surface area contributed by atoms with Gasteiger partial charge in [-0.15, -0.1) is 0 Å². The highest BCUT2D eigenvalue weighted by atomic mass is 19.1. The maximum Gasteiger partial charge on any atom is 0.126 e. The van der Waals surface area contributed by atoms with E-state index in [4.69, 9.17) is 0 Å². The van der Waals surface area contributed by atoms with Gasteiger partial charge in [0, 0.05) is 25.1 Å². The minimum atomic E-state index is -1.59. The van der Waals surface area contributed by atoms with Gasteiger partial charge in [0.2, 0.25) is 0 Å². The molecule has 1 heterocycles. The minimum Gasteiger partial charge on any atom is -0.292 e. The van der Waals surface area contributed by atoms with Crippen LogP contribution < -0.4 is 0 Å². The molecule has 1 atom stereocenters. The predicted octanol–water partition coefficient (Wildman–Crippen LogP) is 6.52. The van der Waals surface area contributed by atoms with E-state index in [0.29, 0.717) is 18.7 Å². The second-order valence-corrected chi connectivity index (χ2v) is 8.68. The Morgan fingerprint density at radius 3 is 1.67 bits per heavy atom. The van der Waals surface area contributed by atoms with Gasteiger partial charge in [-0.2, -0.15) is 0 Å². The molecule has 0 saturated carbocycles. The Morgan fingerprint density at radius 1 is 0.767 bits per heavy atom. The van der Waals surface area contributed by atoms with Crippen LogP contribution in [0.15, 0.2) is 78.9 Å². The molecule has 4 rings (SSSR count). The first kappa shape index (κ1) is 20.7. The van der Waals surface area contributed by atoms with Gasteiger partial charge in [0.05, 0.1) is 6.04 Å². The van der Waals surface area contributed by atoms with Crippen molar-refractivity contribution in [3.63, 3.8) is 0 Å². The van der Waals surface area contributed by atoms with Gasteiger partial charge >= 0.3 is 0 Å². The summed E-state index contributed by atoms with van der Waals surface area (Å²) in [6.45, 7) is 4.30. The number of nitrogens with zero attached hydrogens (tertiary/aromatic N) is 1. The van der Waals surface area contributed by atoms with E-state index >= 15 is 4.39 Å². The molecular formula is C26H26F3N. The molecule has 3 aromatic rings. The number of hydrogen-bond donors (Lipinski definition) is 0. The third kappa shape index (κ3) is 4.29. The first-order chi connectivity index (χ1) is 14.3. The Hall–Kier alpha value is -2.59. The van der Waals surface area contributed by atoms with Gasteiger partial charge < -0.3 is 0 Å². The summed E-state index contributed by atoms with van der Waals surface area (Å²) in [7, 11) is 0. The van der Waals surface area contributed by atoms with Crippen molar-refractivity contribution in [1.82, 2.24) is 4.90 Å². The molecule has 1 fully saturated rings. The van der Waals surface area contributed by atoms with E-state index in [-0.39, 0.29) is 12.0 Å². The Bertz CT molecular complexity index is 916. The molecule has 1 saturated heterocycles. The summed E-state index contributed by atoms with van der Waals surface area (Å²) in [5.74, 6) is -1.93. The predicted molar refractivity (Wildman–Crippen MR) is 114 cm³/mol. The number of hydrogen-bond acceptors (Lipinski definition) is 1. The largest absolute Gasteiger partial charge is 0.292 e. The van der Waals surface area contributed by atoms with Crippen LogP contribution in [0.5, 0.6) is 0 Å². The first-order valence-electron chi connectivity index (χ1n) is 10.3. The molecule has 0 spiro atoms. The van der Waals surface area contributed by atoms with Gasteiger partial charge in [0.1, 0.15) is 17.3 Å². The molecule has 0 aliphatic carbocycles. The summed E-state index contributed by atoms with van der Waals surface area (Å²) in [4.78, 5) is 2.31. The number of likely N-dealkylation sites (tertiary alicyclic amines) is 1. The third-order valence-electron chi connectivity index (χ3n) is 5.99. The molecule has 4 heteroatoms. The third-order valence-corrected chi connectivity index (χ3v) is 5.99. The van der Waals surface area contributed by atoms with Crippen LogP contribution in [0.4, 0.5) is 13.2 Å². The van der Waals surface area contributed by atoms with Crippen LogP contribution in [0.3, 0.4) is 0 Å². The molecule has 1 aliphatic rings. The summed E-state index contributed by atoms with van der Waals surface area (Å²) >= 11 is 0. The fraction of sp³-hybridized carbons (Fsp3) is 0.308. The molecule has 0 aromatic heterocycles. The maximum atomic E-state index is 15.2. The molecule has 0 amide bonds. The van der Waals surface area contributed by atoms with Gasteiger partial charge in [-0.3, -0.25) is 4.90 Å². The highest BCUT2D eigenvalue weighted by Crippen LogP contribution is 2.45. The van der Waals surface area contributed by atoms with Crippen LogP contribution in [0.1, 0.15) is 42.5 Å². The molecule has 1 nitrogen and oxygen atoms in total. The molecule has 0 radical (unpaired) electrons. The fourth-order valence-electron chi connectivity index (χ4n) is 4.84. The van der Waals surface area contributed by atoms with Crippen LogP contribution in [0.25, 0.3) is 0 Å². The minimum absolute atomic E-state index is 0.0267. The number of rotatable bonds is 6. The first-order valence-corrected chi connectivity index (χ1v) is 10.3. The summed E-state index contributed by atoms with van der Waals surface area (Å²) in [6, 6.07) is 23.9. The lowest BCUT2D eigenvalue weighted by Gasteiger charge is -2.50. The monoisotopic (exact) mass is 409 g/mol. The number of halogens is 3. The highest BCUT2D eigenvalue weighted by Gasteiger charge is 2.45. The van der Waals surface area contributed by atoms with Crippen LogP contribution in [-0.4, -0.2) is 23.7 Å². The van der Waals surface area contributed by atoms with E-state index in [0.717, 1.165) is 6.07 Å². The molecule has 3 aromatic carbocycles. The SMILES string of the molecule is CC(C)(F)[C@H](c1cc(F)cc(F)c1)C1CN(C(c2ccccc2)c2ccccc2)C1. The van der Waals surface area contributed by atoms with E-state index in [1.54, 1.807) is 0 Å². The Kier molecular flexibility index (Phi) is 5.70. The average molecular weight is 409 g/mol. The molecule has 0 N–H and O–H groups in total. The molecule has 156 valence electrons. The lowest BCUT2D eigenvalue weighted by molar-refractivity contribution is 0.00805. The van der Waals surface area contributed by atoms with Crippen molar-refractivity contribution in [3.8, 4) is 0 Å². The van der Waals surface area contributed by atoms with E-state index in [9.17, 15) is 8.78 Å². The van der Waals surface area contributed by atoms with Crippen LogP contribution in [-0.2, 0) is 0 Å². The van der Waals surface area contributed by atoms with Crippen molar-refractivity contribution in [3.05, 3.63) is 107 Å². The van der Waals surface area contributed by atoms with Gasteiger partial charge in [-0.25, -0.2) is 13.2 Å². The number of benzene rings is 3. The quantitative estimate of drug-likeness (QED) is 0.448. The summed E-state index contributed by atoms with van der Waals surface area (Å²) < 4.78 is 42.9. The summed E-state index contributed by atoms with van der Waals surface area (Å²) in [5, 5.41) is 0. The van der Waals surface area contributed by atoms with E-state index in [1.807, 2.05) is 36.4 Å². The second kappa shape index (κ2) is 8.27. The Balaban J connectivity index is 1.61. The number of alkyl halides is 1. The van der Waals surface area contributed by atoms with E-state index < -0.39 is 23.2 Å². The van der Waals surface area contributed by atoms with Crippen molar-refractivity contribution in [2.24, 2.45) is 5.92 Å². The average Bonchev–Trinajstić information content (AvgIpc) is 2.66. The highest BCUT2D eigenvalue weighted by molar-refractivity contribution is 5.33. The lowest BCUT2D eigenvalue weighted by atomic mass is 9.72. The van der Waals surface area contributed by atoms with Crippen LogP contribution >= 0.6 is 0 Å². The van der Waals surface area contributed by atoms with Crippen molar-refractivity contribution < 1.29 is 13.2 Å². The van der Waals surface area contributed by atoms with E-state index in [1.165, 1.54) is 37.1 Å². The van der Waals surface area contributed by atoms with Gasteiger partial charge in [-0.1, -0.05) is 60.7 Å². The fourth-order valence-corrected chi connectivity index (χ4v) is 4.84. The molecule has 1 aliphatic heterocycles. The molecule has 0 bridgehead atoms. The summed E-state index contributed by atoms with van der Waals surface area (Å²) in [5.41, 5.74) is 1.15. The Labute approximate surface area is 176 Å². The zero-order valence-corrected chi connectivity index (χ0v) is 17.2. The molecule has 30 heavy (non-hydrogen) atoms. The van der Waals surface area contributed by atoms with Crippen molar-refractivity contribution >= 4 is 0 Å². The van der Waals surface area contributed by atoms with Crippen molar-refractivity contribution in [1.29, 1.82) is 0 Å². The second-order valence-electron chi connectivity index (χ2n) is 8.68. The standard InChI is InChI=1S/C26H26F3N/c1-26(2,29)24(20-13-22(27)15-23(28)14-20)21-16-30(17-21)25(18-9-5-3-6-10-18)19-11-7-4-8-12-19/h3-15,21,24-25H,16-17H2,1-2H3/t24-/m1/s1.